The van der Waals surface area contributed by atoms with E-state index in [2.05, 4.69) is 9.89 Å². The Kier molecular flexibility index (Phi) is 3.53. The van der Waals surface area contributed by atoms with Gasteiger partial charge >= 0.3 is 0 Å². The molecule has 0 radical (unpaired) electrons. The van der Waals surface area contributed by atoms with Crippen LogP contribution in [0.5, 0.6) is 17.2 Å². The van der Waals surface area contributed by atoms with E-state index in [1.54, 1.807) is 21.3 Å². The van der Waals surface area contributed by atoms with E-state index in [1.807, 2.05) is 12.1 Å². The Balaban J connectivity index is 2.04. The van der Waals surface area contributed by atoms with E-state index in [9.17, 15) is 0 Å². The Labute approximate surface area is 124 Å². The minimum atomic E-state index is 0.0632. The first-order valence-corrected chi connectivity index (χ1v) is 7.07. The number of guanidine groups is 1. The maximum atomic E-state index is 6.06. The third-order valence-corrected chi connectivity index (χ3v) is 4.05. The normalized spacial score (nSPS) is 21.2. The van der Waals surface area contributed by atoms with Gasteiger partial charge in [-0.2, -0.15) is 0 Å². The summed E-state index contributed by atoms with van der Waals surface area (Å²) < 4.78 is 16.4. The highest BCUT2D eigenvalue weighted by Crippen LogP contribution is 2.45. The van der Waals surface area contributed by atoms with Crippen LogP contribution in [0.3, 0.4) is 0 Å². The predicted octanol–water partition coefficient (Wildman–Crippen LogP) is 1.55. The van der Waals surface area contributed by atoms with Gasteiger partial charge in [-0.1, -0.05) is 0 Å². The van der Waals surface area contributed by atoms with Crippen LogP contribution < -0.4 is 19.9 Å². The second-order valence-electron chi connectivity index (χ2n) is 5.30. The molecule has 2 N–H and O–H groups in total. The van der Waals surface area contributed by atoms with Crippen molar-refractivity contribution in [3.63, 3.8) is 0 Å². The molecule has 1 fully saturated rings. The zero-order valence-electron chi connectivity index (χ0n) is 12.6. The molecule has 0 bridgehead atoms. The lowest BCUT2D eigenvalue weighted by atomic mass is 10.0. The van der Waals surface area contributed by atoms with E-state index in [-0.39, 0.29) is 6.04 Å². The highest BCUT2D eigenvalue weighted by Gasteiger charge is 2.41. The van der Waals surface area contributed by atoms with Crippen molar-refractivity contribution in [1.29, 1.82) is 0 Å². The van der Waals surface area contributed by atoms with Crippen molar-refractivity contribution < 1.29 is 14.2 Å². The quantitative estimate of drug-likeness (QED) is 0.891. The average molecular weight is 291 g/mol. The second-order valence-corrected chi connectivity index (χ2v) is 5.30. The summed E-state index contributed by atoms with van der Waals surface area (Å²) in [5.74, 6) is 2.80. The molecule has 3 rings (SSSR count). The van der Waals surface area contributed by atoms with Crippen molar-refractivity contribution in [3.05, 3.63) is 17.7 Å². The van der Waals surface area contributed by atoms with Crippen molar-refractivity contribution in [2.45, 2.75) is 24.9 Å². The summed E-state index contributed by atoms with van der Waals surface area (Å²) in [7, 11) is 4.93. The van der Waals surface area contributed by atoms with Crippen LogP contribution in [0.2, 0.25) is 0 Å². The fourth-order valence-electron chi connectivity index (χ4n) is 2.89. The first-order valence-electron chi connectivity index (χ1n) is 7.07. The van der Waals surface area contributed by atoms with Crippen molar-refractivity contribution in [1.82, 2.24) is 4.90 Å². The van der Waals surface area contributed by atoms with Gasteiger partial charge in [-0.25, -0.2) is 0 Å². The summed E-state index contributed by atoms with van der Waals surface area (Å²) >= 11 is 0. The Hall–Kier alpha value is -2.11. The highest BCUT2D eigenvalue weighted by atomic mass is 16.5. The zero-order valence-corrected chi connectivity index (χ0v) is 12.6. The lowest BCUT2D eigenvalue weighted by Gasteiger charge is -2.29. The molecule has 1 aromatic carbocycles. The number of nitrogens with zero attached hydrogens (tertiary/aromatic N) is 2. The fourth-order valence-corrected chi connectivity index (χ4v) is 2.89. The number of hydrogen-bond acceptors (Lipinski definition) is 6. The number of rotatable bonds is 5. The second kappa shape index (κ2) is 5.35. The Bertz CT molecular complexity index is 544. The number of benzene rings is 1. The van der Waals surface area contributed by atoms with E-state index < -0.39 is 0 Å². The molecular formula is C15H21N3O3. The molecular weight excluding hydrogens is 270 g/mol. The molecule has 0 saturated heterocycles. The topological polar surface area (TPSA) is 69.3 Å². The average Bonchev–Trinajstić information content (AvgIpc) is 3.28. The largest absolute Gasteiger partial charge is 0.496 e. The molecule has 1 saturated carbocycles. The van der Waals surface area contributed by atoms with Gasteiger partial charge in [0.1, 0.15) is 17.2 Å². The fraction of sp³-hybridized carbons (Fsp3) is 0.533. The Morgan fingerprint density at radius 1 is 1.10 bits per heavy atom. The minimum absolute atomic E-state index is 0.0632. The van der Waals surface area contributed by atoms with E-state index >= 15 is 0 Å². The van der Waals surface area contributed by atoms with Crippen LogP contribution in [0.1, 0.15) is 24.4 Å². The predicted molar refractivity (Wildman–Crippen MR) is 80.2 cm³/mol. The van der Waals surface area contributed by atoms with Crippen LogP contribution in [-0.2, 0) is 0 Å². The molecule has 1 unspecified atom stereocenters. The van der Waals surface area contributed by atoms with Gasteiger partial charge in [0.15, 0.2) is 5.96 Å². The van der Waals surface area contributed by atoms with E-state index in [0.29, 0.717) is 24.3 Å². The zero-order chi connectivity index (χ0) is 15.0. The number of hydrogen-bond donors (Lipinski definition) is 1. The van der Waals surface area contributed by atoms with Crippen LogP contribution in [0.4, 0.5) is 0 Å². The van der Waals surface area contributed by atoms with E-state index in [1.165, 1.54) is 0 Å². The lowest BCUT2D eigenvalue weighted by Crippen LogP contribution is -2.38. The van der Waals surface area contributed by atoms with Crippen LogP contribution in [0.25, 0.3) is 0 Å². The lowest BCUT2D eigenvalue weighted by molar-refractivity contribution is 0.305. The maximum Gasteiger partial charge on any atom is 0.192 e. The molecule has 0 spiro atoms. The van der Waals surface area contributed by atoms with Gasteiger partial charge in [-0.3, -0.25) is 4.99 Å². The summed E-state index contributed by atoms with van der Waals surface area (Å²) in [6.45, 7) is 0.626. The van der Waals surface area contributed by atoms with Crippen LogP contribution >= 0.6 is 0 Å². The molecule has 0 amide bonds. The van der Waals surface area contributed by atoms with Crippen molar-refractivity contribution in [2.75, 3.05) is 27.9 Å². The van der Waals surface area contributed by atoms with Crippen molar-refractivity contribution >= 4 is 5.96 Å². The summed E-state index contributed by atoms with van der Waals surface area (Å²) in [5.41, 5.74) is 7.04. The number of nitrogens with two attached hydrogens (primary N) is 1. The van der Waals surface area contributed by atoms with Gasteiger partial charge < -0.3 is 24.8 Å². The molecule has 1 atom stereocenters. The Morgan fingerprint density at radius 2 is 1.71 bits per heavy atom. The van der Waals surface area contributed by atoms with E-state index in [0.717, 1.165) is 29.9 Å². The van der Waals surface area contributed by atoms with E-state index in [4.69, 9.17) is 19.9 Å². The summed E-state index contributed by atoms with van der Waals surface area (Å²) in [5, 5.41) is 0. The molecule has 1 aliphatic heterocycles. The van der Waals surface area contributed by atoms with Gasteiger partial charge in [0, 0.05) is 18.2 Å². The standard InChI is InChI=1S/C15H21N3O3/c1-19-10-6-12(20-2)14(13(7-10)21-3)11-8-17-15(16)18(11)9-4-5-9/h6-7,9,11H,4-5,8H2,1-3H3,(H2,16,17). The van der Waals surface area contributed by atoms with Crippen LogP contribution in [0.15, 0.2) is 17.1 Å². The van der Waals surface area contributed by atoms with Crippen LogP contribution in [-0.4, -0.2) is 44.8 Å². The SMILES string of the molecule is COc1cc(OC)c(C2CN=C(N)N2C2CC2)c(OC)c1. The molecule has 1 aliphatic carbocycles. The minimum Gasteiger partial charge on any atom is -0.496 e. The third-order valence-electron chi connectivity index (χ3n) is 4.05. The van der Waals surface area contributed by atoms with Gasteiger partial charge in [0.05, 0.1) is 39.5 Å². The molecule has 2 aliphatic rings. The number of ether oxygens (including phenoxy) is 3. The molecule has 1 heterocycles. The Morgan fingerprint density at radius 3 is 2.19 bits per heavy atom. The number of methoxy groups -OCH3 is 3. The molecule has 114 valence electrons. The summed E-state index contributed by atoms with van der Waals surface area (Å²) in [6, 6.07) is 4.29. The maximum absolute atomic E-state index is 6.06. The molecule has 6 nitrogen and oxygen atoms in total. The first kappa shape index (κ1) is 13.9. The van der Waals surface area contributed by atoms with Gasteiger partial charge in [0.25, 0.3) is 0 Å². The summed E-state index contributed by atoms with van der Waals surface area (Å²) in [4.78, 5) is 6.60. The van der Waals surface area contributed by atoms with Gasteiger partial charge in [0.2, 0.25) is 0 Å². The van der Waals surface area contributed by atoms with Gasteiger partial charge in [-0.05, 0) is 12.8 Å². The smallest absolute Gasteiger partial charge is 0.192 e. The molecule has 1 aromatic rings. The highest BCUT2D eigenvalue weighted by molar-refractivity contribution is 5.81. The number of aliphatic imine (C=N–C) groups is 1. The third kappa shape index (κ3) is 2.34. The van der Waals surface area contributed by atoms with Crippen LogP contribution in [0, 0.1) is 0 Å². The molecule has 6 heteroatoms. The molecule has 21 heavy (non-hydrogen) atoms. The van der Waals surface area contributed by atoms with Crippen molar-refractivity contribution in [2.24, 2.45) is 10.7 Å². The molecule has 0 aromatic heterocycles. The monoisotopic (exact) mass is 291 g/mol. The van der Waals surface area contributed by atoms with Gasteiger partial charge in [-0.15, -0.1) is 0 Å². The summed E-state index contributed by atoms with van der Waals surface area (Å²) in [6.07, 6.45) is 2.32. The van der Waals surface area contributed by atoms with Crippen molar-refractivity contribution in [3.8, 4) is 17.2 Å². The first-order chi connectivity index (χ1) is 10.2.